The summed E-state index contributed by atoms with van der Waals surface area (Å²) in [6.45, 7) is 3.55. The van der Waals surface area contributed by atoms with Gasteiger partial charge in [0.1, 0.15) is 12.6 Å². The Bertz CT molecular complexity index is 1390. The molecule has 9 heteroatoms. The van der Waals surface area contributed by atoms with Gasteiger partial charge >= 0.3 is 0 Å². The standard InChI is InChI=1S/C31H36ClN3O4S/c1-3-29(31(37)33-26-9-7-8-10-26)34(21-24-15-13-23(2)14-16-24)30(36)22-35(27-19-17-25(32)18-20-27)40(38,39)28-11-5-4-6-12-28/h4-6,11-20,26,29H,3,7-10,21-22H2,1-2H3,(H,33,37). The van der Waals surface area contributed by atoms with Crippen molar-refractivity contribution in [2.45, 2.75) is 69.5 Å². The number of hydrogen-bond donors (Lipinski definition) is 1. The monoisotopic (exact) mass is 581 g/mol. The third-order valence-corrected chi connectivity index (χ3v) is 9.33. The number of anilines is 1. The molecule has 1 aliphatic carbocycles. The number of amides is 2. The third kappa shape index (κ3) is 7.23. The van der Waals surface area contributed by atoms with Gasteiger partial charge in [0.2, 0.25) is 11.8 Å². The van der Waals surface area contributed by atoms with E-state index in [9.17, 15) is 18.0 Å². The number of rotatable bonds is 11. The third-order valence-electron chi connectivity index (χ3n) is 7.29. The van der Waals surface area contributed by atoms with Crippen LogP contribution in [-0.2, 0) is 26.2 Å². The Balaban J connectivity index is 1.69. The Labute approximate surface area is 242 Å². The lowest BCUT2D eigenvalue weighted by molar-refractivity contribution is -0.140. The molecule has 212 valence electrons. The van der Waals surface area contributed by atoms with Crippen molar-refractivity contribution in [2.75, 3.05) is 10.8 Å². The van der Waals surface area contributed by atoms with Gasteiger partial charge in [0.05, 0.1) is 10.6 Å². The lowest BCUT2D eigenvalue weighted by Crippen LogP contribution is -2.53. The Kier molecular flexibility index (Phi) is 9.87. The minimum Gasteiger partial charge on any atom is -0.352 e. The molecule has 0 spiro atoms. The predicted octanol–water partition coefficient (Wildman–Crippen LogP) is 5.71. The molecule has 0 heterocycles. The number of halogens is 1. The summed E-state index contributed by atoms with van der Waals surface area (Å²) in [4.78, 5) is 29.2. The van der Waals surface area contributed by atoms with Crippen LogP contribution in [0.3, 0.4) is 0 Å². The van der Waals surface area contributed by atoms with E-state index in [2.05, 4.69) is 5.32 Å². The first-order chi connectivity index (χ1) is 19.2. The van der Waals surface area contributed by atoms with E-state index in [-0.39, 0.29) is 23.4 Å². The quantitative estimate of drug-likeness (QED) is 0.314. The molecule has 3 aromatic rings. The summed E-state index contributed by atoms with van der Waals surface area (Å²) < 4.78 is 28.7. The van der Waals surface area contributed by atoms with Gasteiger partial charge in [0.25, 0.3) is 10.0 Å². The first-order valence-corrected chi connectivity index (χ1v) is 15.5. The minimum atomic E-state index is -4.10. The number of aryl methyl sites for hydroxylation is 1. The van der Waals surface area contributed by atoms with Crippen molar-refractivity contribution in [3.05, 3.63) is 95.0 Å². The Morgan fingerprint density at radius 1 is 0.950 bits per heavy atom. The molecule has 0 bridgehead atoms. The zero-order chi connectivity index (χ0) is 28.7. The van der Waals surface area contributed by atoms with E-state index >= 15 is 0 Å². The summed E-state index contributed by atoms with van der Waals surface area (Å²) in [6.07, 6.45) is 4.38. The summed E-state index contributed by atoms with van der Waals surface area (Å²) in [7, 11) is -4.10. The van der Waals surface area contributed by atoms with Crippen molar-refractivity contribution in [1.82, 2.24) is 10.2 Å². The predicted molar refractivity (Wildman–Crippen MR) is 159 cm³/mol. The lowest BCUT2D eigenvalue weighted by Gasteiger charge is -2.33. The van der Waals surface area contributed by atoms with E-state index < -0.39 is 28.5 Å². The first kappa shape index (κ1) is 29.6. The Morgan fingerprint density at radius 2 is 1.57 bits per heavy atom. The second-order valence-electron chi connectivity index (χ2n) is 10.2. The number of carbonyl (C=O) groups excluding carboxylic acids is 2. The van der Waals surface area contributed by atoms with E-state index in [1.54, 1.807) is 42.5 Å². The summed E-state index contributed by atoms with van der Waals surface area (Å²) in [5, 5.41) is 3.58. The number of sulfonamides is 1. The maximum Gasteiger partial charge on any atom is 0.264 e. The van der Waals surface area contributed by atoms with Crippen LogP contribution in [0.25, 0.3) is 0 Å². The van der Waals surface area contributed by atoms with Crippen molar-refractivity contribution in [3.63, 3.8) is 0 Å². The van der Waals surface area contributed by atoms with Crippen LogP contribution < -0.4 is 9.62 Å². The Hall–Kier alpha value is -3.36. The van der Waals surface area contributed by atoms with Crippen LogP contribution in [-0.4, -0.2) is 43.8 Å². The maximum atomic E-state index is 14.1. The van der Waals surface area contributed by atoms with Gasteiger partial charge in [0, 0.05) is 17.6 Å². The van der Waals surface area contributed by atoms with Crippen molar-refractivity contribution >= 4 is 39.1 Å². The molecule has 0 aliphatic heterocycles. The van der Waals surface area contributed by atoms with Crippen LogP contribution in [0.4, 0.5) is 5.69 Å². The molecule has 4 rings (SSSR count). The van der Waals surface area contributed by atoms with Crippen molar-refractivity contribution < 1.29 is 18.0 Å². The molecular formula is C31H36ClN3O4S. The van der Waals surface area contributed by atoms with E-state index in [0.29, 0.717) is 17.1 Å². The van der Waals surface area contributed by atoms with Crippen molar-refractivity contribution in [2.24, 2.45) is 0 Å². The van der Waals surface area contributed by atoms with Gasteiger partial charge in [-0.05, 0) is 68.1 Å². The maximum absolute atomic E-state index is 14.1. The van der Waals surface area contributed by atoms with Gasteiger partial charge in [-0.2, -0.15) is 0 Å². The molecule has 1 N–H and O–H groups in total. The highest BCUT2D eigenvalue weighted by Gasteiger charge is 2.34. The second-order valence-corrected chi connectivity index (χ2v) is 12.5. The normalized spacial score (nSPS) is 14.5. The average molecular weight is 582 g/mol. The molecule has 0 saturated heterocycles. The van der Waals surface area contributed by atoms with Gasteiger partial charge in [-0.15, -0.1) is 0 Å². The van der Waals surface area contributed by atoms with E-state index in [1.165, 1.54) is 17.0 Å². The number of nitrogens with one attached hydrogen (secondary N) is 1. The van der Waals surface area contributed by atoms with E-state index in [4.69, 9.17) is 11.6 Å². The number of hydrogen-bond acceptors (Lipinski definition) is 4. The number of carbonyl (C=O) groups is 2. The van der Waals surface area contributed by atoms with Crippen molar-refractivity contribution in [3.8, 4) is 0 Å². The van der Waals surface area contributed by atoms with Crippen LogP contribution in [0, 0.1) is 6.92 Å². The van der Waals surface area contributed by atoms with Crippen LogP contribution in [0.1, 0.15) is 50.2 Å². The van der Waals surface area contributed by atoms with E-state index in [1.807, 2.05) is 38.1 Å². The van der Waals surface area contributed by atoms with Gasteiger partial charge < -0.3 is 10.2 Å². The molecule has 0 aromatic heterocycles. The number of nitrogens with zero attached hydrogens (tertiary/aromatic N) is 2. The highest BCUT2D eigenvalue weighted by molar-refractivity contribution is 7.92. The zero-order valence-electron chi connectivity index (χ0n) is 22.9. The fourth-order valence-corrected chi connectivity index (χ4v) is 6.59. The van der Waals surface area contributed by atoms with Gasteiger partial charge in [-0.3, -0.25) is 13.9 Å². The molecule has 7 nitrogen and oxygen atoms in total. The van der Waals surface area contributed by atoms with Crippen LogP contribution in [0.2, 0.25) is 5.02 Å². The summed E-state index contributed by atoms with van der Waals surface area (Å²) in [5.41, 5.74) is 2.24. The summed E-state index contributed by atoms with van der Waals surface area (Å²) in [5.74, 6) is -0.678. The lowest BCUT2D eigenvalue weighted by atomic mass is 10.1. The first-order valence-electron chi connectivity index (χ1n) is 13.7. The smallest absolute Gasteiger partial charge is 0.264 e. The molecule has 1 unspecified atom stereocenters. The average Bonchev–Trinajstić information content (AvgIpc) is 3.46. The molecule has 3 aromatic carbocycles. The van der Waals surface area contributed by atoms with Gasteiger partial charge in [-0.25, -0.2) is 8.42 Å². The molecule has 1 fully saturated rings. The molecule has 1 saturated carbocycles. The minimum absolute atomic E-state index is 0.0638. The zero-order valence-corrected chi connectivity index (χ0v) is 24.5. The topological polar surface area (TPSA) is 86.8 Å². The summed E-state index contributed by atoms with van der Waals surface area (Å²) >= 11 is 6.08. The largest absolute Gasteiger partial charge is 0.352 e. The van der Waals surface area contributed by atoms with Crippen LogP contribution in [0.15, 0.2) is 83.8 Å². The SMILES string of the molecule is CCC(C(=O)NC1CCCC1)N(Cc1ccc(C)cc1)C(=O)CN(c1ccc(Cl)cc1)S(=O)(=O)c1ccccc1. The molecular weight excluding hydrogens is 546 g/mol. The Morgan fingerprint density at radius 3 is 2.17 bits per heavy atom. The fraction of sp³-hybridized carbons (Fsp3) is 0.355. The highest BCUT2D eigenvalue weighted by Crippen LogP contribution is 2.26. The number of benzene rings is 3. The van der Waals surface area contributed by atoms with Crippen LogP contribution in [0.5, 0.6) is 0 Å². The molecule has 40 heavy (non-hydrogen) atoms. The second kappa shape index (κ2) is 13.3. The van der Waals surface area contributed by atoms with E-state index in [0.717, 1.165) is 41.1 Å². The van der Waals surface area contributed by atoms with Crippen molar-refractivity contribution in [1.29, 1.82) is 0 Å². The van der Waals surface area contributed by atoms with Crippen LogP contribution >= 0.6 is 11.6 Å². The summed E-state index contributed by atoms with van der Waals surface area (Å²) in [6, 6.07) is 21.4. The molecule has 0 radical (unpaired) electrons. The molecule has 2 amide bonds. The molecule has 1 atom stereocenters. The highest BCUT2D eigenvalue weighted by atomic mass is 35.5. The van der Waals surface area contributed by atoms with Gasteiger partial charge in [0.15, 0.2) is 0 Å². The molecule has 1 aliphatic rings. The fourth-order valence-electron chi connectivity index (χ4n) is 5.03. The van der Waals surface area contributed by atoms with Gasteiger partial charge in [-0.1, -0.05) is 79.4 Å².